The zero-order valence-corrected chi connectivity index (χ0v) is 11.8. The Kier molecular flexibility index (Phi) is 6.41. The van der Waals surface area contributed by atoms with Crippen LogP contribution in [0.2, 0.25) is 0 Å². The van der Waals surface area contributed by atoms with Crippen molar-refractivity contribution >= 4 is 0 Å². The summed E-state index contributed by atoms with van der Waals surface area (Å²) in [6.07, 6.45) is 9.92. The SMILES string of the molecule is CCCC1CCC(NC)C(CC(C)CC)C1. The summed E-state index contributed by atoms with van der Waals surface area (Å²) in [4.78, 5) is 0. The van der Waals surface area contributed by atoms with Crippen molar-refractivity contribution in [3.8, 4) is 0 Å². The van der Waals surface area contributed by atoms with E-state index in [0.717, 1.165) is 23.8 Å². The molecular weight excluding hydrogens is 194 g/mol. The Labute approximate surface area is 102 Å². The lowest BCUT2D eigenvalue weighted by atomic mass is 9.73. The van der Waals surface area contributed by atoms with Crippen LogP contribution in [0.5, 0.6) is 0 Å². The molecule has 0 aliphatic heterocycles. The van der Waals surface area contributed by atoms with Crippen molar-refractivity contribution in [1.29, 1.82) is 0 Å². The topological polar surface area (TPSA) is 12.0 Å². The van der Waals surface area contributed by atoms with E-state index < -0.39 is 0 Å². The average molecular weight is 225 g/mol. The van der Waals surface area contributed by atoms with Crippen molar-refractivity contribution in [2.24, 2.45) is 17.8 Å². The van der Waals surface area contributed by atoms with Gasteiger partial charge in [-0.2, -0.15) is 0 Å². The highest BCUT2D eigenvalue weighted by Crippen LogP contribution is 2.35. The Balaban J connectivity index is 2.46. The molecule has 1 aliphatic carbocycles. The highest BCUT2D eigenvalue weighted by molar-refractivity contribution is 4.84. The van der Waals surface area contributed by atoms with E-state index in [2.05, 4.69) is 33.1 Å². The van der Waals surface area contributed by atoms with Gasteiger partial charge in [-0.05, 0) is 50.5 Å². The van der Waals surface area contributed by atoms with E-state index in [1.165, 1.54) is 44.9 Å². The summed E-state index contributed by atoms with van der Waals surface area (Å²) in [5.74, 6) is 2.86. The number of hydrogen-bond acceptors (Lipinski definition) is 1. The molecule has 1 rings (SSSR count). The third-order valence-electron chi connectivity index (χ3n) is 4.56. The second-order valence-electron chi connectivity index (χ2n) is 5.87. The Bertz CT molecular complexity index is 178. The van der Waals surface area contributed by atoms with Crippen molar-refractivity contribution in [2.75, 3.05) is 7.05 Å². The van der Waals surface area contributed by atoms with Crippen LogP contribution >= 0.6 is 0 Å². The van der Waals surface area contributed by atoms with Crippen LogP contribution in [0.25, 0.3) is 0 Å². The van der Waals surface area contributed by atoms with Gasteiger partial charge >= 0.3 is 0 Å². The van der Waals surface area contributed by atoms with Crippen molar-refractivity contribution in [3.05, 3.63) is 0 Å². The fraction of sp³-hybridized carbons (Fsp3) is 1.00. The van der Waals surface area contributed by atoms with Crippen molar-refractivity contribution in [1.82, 2.24) is 5.32 Å². The first-order chi connectivity index (χ1) is 7.71. The molecule has 1 saturated carbocycles. The maximum atomic E-state index is 3.55. The second kappa shape index (κ2) is 7.32. The Morgan fingerprint density at radius 1 is 1.25 bits per heavy atom. The molecule has 4 unspecified atom stereocenters. The molecule has 0 aromatic heterocycles. The lowest BCUT2D eigenvalue weighted by molar-refractivity contribution is 0.174. The minimum absolute atomic E-state index is 0.794. The van der Waals surface area contributed by atoms with Gasteiger partial charge in [0.05, 0.1) is 0 Å². The van der Waals surface area contributed by atoms with E-state index in [0.29, 0.717) is 0 Å². The van der Waals surface area contributed by atoms with E-state index in [4.69, 9.17) is 0 Å². The molecule has 1 N–H and O–H groups in total. The number of rotatable bonds is 6. The average Bonchev–Trinajstić information content (AvgIpc) is 2.30. The zero-order valence-electron chi connectivity index (χ0n) is 11.8. The van der Waals surface area contributed by atoms with Gasteiger partial charge in [0.1, 0.15) is 0 Å². The molecule has 1 nitrogen and oxygen atoms in total. The van der Waals surface area contributed by atoms with Crippen LogP contribution < -0.4 is 5.32 Å². The number of nitrogens with one attached hydrogen (secondary N) is 1. The molecule has 0 saturated heterocycles. The number of hydrogen-bond donors (Lipinski definition) is 1. The summed E-state index contributed by atoms with van der Waals surface area (Å²) in [5, 5.41) is 3.55. The third-order valence-corrected chi connectivity index (χ3v) is 4.56. The van der Waals surface area contributed by atoms with Crippen LogP contribution in [0.15, 0.2) is 0 Å². The highest BCUT2D eigenvalue weighted by atomic mass is 14.9. The summed E-state index contributed by atoms with van der Waals surface area (Å²) in [6.45, 7) is 7.06. The van der Waals surface area contributed by atoms with Gasteiger partial charge < -0.3 is 5.32 Å². The standard InChI is InChI=1S/C15H31N/c1-5-7-13-8-9-15(16-4)14(11-13)10-12(3)6-2/h12-16H,5-11H2,1-4H3. The fourth-order valence-electron chi connectivity index (χ4n) is 3.36. The van der Waals surface area contributed by atoms with Crippen molar-refractivity contribution in [3.63, 3.8) is 0 Å². The van der Waals surface area contributed by atoms with Crippen LogP contribution in [-0.4, -0.2) is 13.1 Å². The Morgan fingerprint density at radius 3 is 2.56 bits per heavy atom. The molecule has 1 aliphatic rings. The van der Waals surface area contributed by atoms with Gasteiger partial charge in [-0.15, -0.1) is 0 Å². The smallest absolute Gasteiger partial charge is 0.00926 e. The minimum Gasteiger partial charge on any atom is -0.317 e. The molecule has 0 aromatic carbocycles. The fourth-order valence-corrected chi connectivity index (χ4v) is 3.36. The van der Waals surface area contributed by atoms with Crippen LogP contribution in [0, 0.1) is 17.8 Å². The zero-order chi connectivity index (χ0) is 12.0. The third kappa shape index (κ3) is 4.08. The summed E-state index contributed by atoms with van der Waals surface area (Å²) >= 11 is 0. The molecule has 0 bridgehead atoms. The van der Waals surface area contributed by atoms with Gasteiger partial charge in [0.2, 0.25) is 0 Å². The highest BCUT2D eigenvalue weighted by Gasteiger charge is 2.29. The van der Waals surface area contributed by atoms with Crippen LogP contribution in [0.3, 0.4) is 0 Å². The molecular formula is C15H31N. The lowest BCUT2D eigenvalue weighted by Gasteiger charge is -2.37. The monoisotopic (exact) mass is 225 g/mol. The van der Waals surface area contributed by atoms with Crippen molar-refractivity contribution in [2.45, 2.75) is 71.8 Å². The predicted molar refractivity (Wildman–Crippen MR) is 72.7 cm³/mol. The first-order valence-electron chi connectivity index (χ1n) is 7.38. The molecule has 16 heavy (non-hydrogen) atoms. The van der Waals surface area contributed by atoms with E-state index in [1.807, 2.05) is 0 Å². The second-order valence-corrected chi connectivity index (χ2v) is 5.87. The molecule has 0 aromatic rings. The van der Waals surface area contributed by atoms with Gasteiger partial charge in [-0.3, -0.25) is 0 Å². The Hall–Kier alpha value is -0.0400. The van der Waals surface area contributed by atoms with E-state index in [1.54, 1.807) is 0 Å². The first kappa shape index (κ1) is 14.0. The summed E-state index contributed by atoms with van der Waals surface area (Å²) in [7, 11) is 2.15. The minimum atomic E-state index is 0.794. The van der Waals surface area contributed by atoms with Gasteiger partial charge in [0.15, 0.2) is 0 Å². The van der Waals surface area contributed by atoms with E-state index in [9.17, 15) is 0 Å². The molecule has 0 heterocycles. The quantitative estimate of drug-likeness (QED) is 0.713. The first-order valence-corrected chi connectivity index (χ1v) is 7.38. The van der Waals surface area contributed by atoms with Crippen LogP contribution in [0.4, 0.5) is 0 Å². The largest absolute Gasteiger partial charge is 0.317 e. The molecule has 1 heteroatoms. The molecule has 0 spiro atoms. The molecule has 0 amide bonds. The Morgan fingerprint density at radius 2 is 2.00 bits per heavy atom. The van der Waals surface area contributed by atoms with Crippen LogP contribution in [0.1, 0.15) is 65.7 Å². The van der Waals surface area contributed by atoms with Gasteiger partial charge in [0.25, 0.3) is 0 Å². The summed E-state index contributed by atoms with van der Waals surface area (Å²) in [5.41, 5.74) is 0. The van der Waals surface area contributed by atoms with Crippen LogP contribution in [-0.2, 0) is 0 Å². The van der Waals surface area contributed by atoms with E-state index in [-0.39, 0.29) is 0 Å². The molecule has 0 radical (unpaired) electrons. The molecule has 96 valence electrons. The molecule has 4 atom stereocenters. The van der Waals surface area contributed by atoms with Gasteiger partial charge in [-0.25, -0.2) is 0 Å². The van der Waals surface area contributed by atoms with Gasteiger partial charge in [-0.1, -0.05) is 40.0 Å². The van der Waals surface area contributed by atoms with E-state index >= 15 is 0 Å². The van der Waals surface area contributed by atoms with Crippen molar-refractivity contribution < 1.29 is 0 Å². The summed E-state index contributed by atoms with van der Waals surface area (Å²) in [6, 6.07) is 0.794. The maximum Gasteiger partial charge on any atom is 0.00926 e. The summed E-state index contributed by atoms with van der Waals surface area (Å²) < 4.78 is 0. The predicted octanol–water partition coefficient (Wildman–Crippen LogP) is 4.23. The normalized spacial score (nSPS) is 32.6. The molecule has 1 fully saturated rings. The van der Waals surface area contributed by atoms with Gasteiger partial charge in [0, 0.05) is 6.04 Å². The lowest BCUT2D eigenvalue weighted by Crippen LogP contribution is -2.39. The maximum absolute atomic E-state index is 3.55.